The van der Waals surface area contributed by atoms with Crippen LogP contribution in [-0.2, 0) is 16.9 Å². The standard InChI is InChI=1S/C28H33N5O2/c1-20-31-26-24(19-30-33(26)28(2,3)4)27(35)32(20)18-16-25(34)29-17-15-23(21-11-7-5-8-12-21)22-13-9-6-10-14-22/h5-14,19,23H,15-18H2,1-4H3,(H,29,34). The lowest BCUT2D eigenvalue weighted by Crippen LogP contribution is -2.30. The third-order valence-corrected chi connectivity index (χ3v) is 6.23. The summed E-state index contributed by atoms with van der Waals surface area (Å²) in [7, 11) is 0. The number of rotatable bonds is 8. The second kappa shape index (κ2) is 10.3. The molecule has 0 aliphatic carbocycles. The molecule has 2 aromatic heterocycles. The van der Waals surface area contributed by atoms with Crippen molar-refractivity contribution in [1.82, 2.24) is 24.6 Å². The molecule has 0 aliphatic rings. The van der Waals surface area contributed by atoms with E-state index in [9.17, 15) is 9.59 Å². The number of nitrogens with zero attached hydrogens (tertiary/aromatic N) is 4. The Morgan fingerprint density at radius 3 is 2.17 bits per heavy atom. The molecule has 4 rings (SSSR count). The lowest BCUT2D eigenvalue weighted by molar-refractivity contribution is -0.121. The number of amides is 1. The van der Waals surface area contributed by atoms with E-state index >= 15 is 0 Å². The lowest BCUT2D eigenvalue weighted by Gasteiger charge is -2.20. The first-order chi connectivity index (χ1) is 16.8. The van der Waals surface area contributed by atoms with Crippen LogP contribution < -0.4 is 10.9 Å². The van der Waals surface area contributed by atoms with Gasteiger partial charge in [-0.2, -0.15) is 5.10 Å². The van der Waals surface area contributed by atoms with Gasteiger partial charge in [-0.25, -0.2) is 9.67 Å². The van der Waals surface area contributed by atoms with Gasteiger partial charge in [0.05, 0.1) is 11.7 Å². The molecule has 0 spiro atoms. The van der Waals surface area contributed by atoms with Crippen LogP contribution in [0.15, 0.2) is 71.7 Å². The van der Waals surface area contributed by atoms with Crippen molar-refractivity contribution in [3.8, 4) is 0 Å². The molecule has 7 nitrogen and oxygen atoms in total. The summed E-state index contributed by atoms with van der Waals surface area (Å²) in [5, 5.41) is 7.88. The third kappa shape index (κ3) is 5.50. The molecule has 1 amide bonds. The summed E-state index contributed by atoms with van der Waals surface area (Å²) in [5.74, 6) is 0.699. The zero-order valence-corrected chi connectivity index (χ0v) is 20.9. The largest absolute Gasteiger partial charge is 0.356 e. The van der Waals surface area contributed by atoms with Gasteiger partial charge in [-0.1, -0.05) is 60.7 Å². The van der Waals surface area contributed by atoms with Gasteiger partial charge in [0.1, 0.15) is 11.2 Å². The highest BCUT2D eigenvalue weighted by Crippen LogP contribution is 2.27. The molecule has 0 atom stereocenters. The van der Waals surface area contributed by atoms with Crippen molar-refractivity contribution >= 4 is 16.9 Å². The minimum absolute atomic E-state index is 0.0818. The number of benzene rings is 2. The molecule has 0 unspecified atom stereocenters. The number of nitrogens with one attached hydrogen (secondary N) is 1. The number of aromatic nitrogens is 4. The van der Waals surface area contributed by atoms with E-state index < -0.39 is 0 Å². The summed E-state index contributed by atoms with van der Waals surface area (Å²) >= 11 is 0. The highest BCUT2D eigenvalue weighted by Gasteiger charge is 2.21. The Labute approximate surface area is 205 Å². The van der Waals surface area contributed by atoms with Gasteiger partial charge in [-0.3, -0.25) is 14.2 Å². The van der Waals surface area contributed by atoms with Gasteiger partial charge in [-0.15, -0.1) is 0 Å². The first-order valence-corrected chi connectivity index (χ1v) is 12.1. The van der Waals surface area contributed by atoms with Crippen molar-refractivity contribution in [3.63, 3.8) is 0 Å². The van der Waals surface area contributed by atoms with Crippen molar-refractivity contribution in [3.05, 3.63) is 94.2 Å². The number of carbonyl (C=O) groups is 1. The van der Waals surface area contributed by atoms with Crippen molar-refractivity contribution < 1.29 is 4.79 Å². The average molecular weight is 472 g/mol. The first kappa shape index (κ1) is 24.4. The monoisotopic (exact) mass is 471 g/mol. The van der Waals surface area contributed by atoms with Crippen molar-refractivity contribution in [2.75, 3.05) is 6.54 Å². The fourth-order valence-corrected chi connectivity index (χ4v) is 4.41. The molecule has 7 heteroatoms. The third-order valence-electron chi connectivity index (χ3n) is 6.23. The second-order valence-electron chi connectivity index (χ2n) is 9.84. The molecule has 4 aromatic rings. The summed E-state index contributed by atoms with van der Waals surface area (Å²) in [4.78, 5) is 30.3. The van der Waals surface area contributed by atoms with E-state index in [1.807, 2.05) is 57.2 Å². The fourth-order valence-electron chi connectivity index (χ4n) is 4.41. The van der Waals surface area contributed by atoms with Crippen molar-refractivity contribution in [2.45, 2.75) is 58.5 Å². The Hall–Kier alpha value is -3.74. The molecular formula is C28H33N5O2. The SMILES string of the molecule is Cc1nc2c(cnn2C(C)(C)C)c(=O)n1CCC(=O)NCCC(c1ccccc1)c1ccccc1. The molecule has 0 bridgehead atoms. The first-order valence-electron chi connectivity index (χ1n) is 12.1. The Morgan fingerprint density at radius 1 is 1.00 bits per heavy atom. The molecule has 0 saturated carbocycles. The van der Waals surface area contributed by atoms with E-state index in [4.69, 9.17) is 0 Å². The lowest BCUT2D eigenvalue weighted by atomic mass is 9.88. The van der Waals surface area contributed by atoms with Crippen molar-refractivity contribution in [1.29, 1.82) is 0 Å². The number of hydrogen-bond acceptors (Lipinski definition) is 4. The molecule has 0 fully saturated rings. The van der Waals surface area contributed by atoms with Crippen molar-refractivity contribution in [2.24, 2.45) is 0 Å². The highest BCUT2D eigenvalue weighted by molar-refractivity contribution is 5.76. The molecule has 2 heterocycles. The van der Waals surface area contributed by atoms with E-state index in [0.29, 0.717) is 23.4 Å². The summed E-state index contributed by atoms with van der Waals surface area (Å²) in [6.45, 7) is 8.69. The topological polar surface area (TPSA) is 81.8 Å². The van der Waals surface area contributed by atoms with E-state index in [1.165, 1.54) is 11.1 Å². The predicted molar refractivity (Wildman–Crippen MR) is 138 cm³/mol. The Balaban J connectivity index is 1.40. The van der Waals surface area contributed by atoms with Crippen LogP contribution in [0.3, 0.4) is 0 Å². The minimum atomic E-state index is -0.281. The molecule has 0 radical (unpaired) electrons. The van der Waals surface area contributed by atoms with Crippen LogP contribution in [0.1, 0.15) is 56.5 Å². The molecule has 1 N–H and O–H groups in total. The van der Waals surface area contributed by atoms with E-state index in [0.717, 1.165) is 6.42 Å². The second-order valence-corrected chi connectivity index (χ2v) is 9.84. The Kier molecular flexibility index (Phi) is 7.15. The Morgan fingerprint density at radius 2 is 1.60 bits per heavy atom. The number of aryl methyl sites for hydroxylation is 1. The summed E-state index contributed by atoms with van der Waals surface area (Å²) in [6, 6.07) is 20.7. The molecular weight excluding hydrogens is 438 g/mol. The smallest absolute Gasteiger partial charge is 0.264 e. The van der Waals surface area contributed by atoms with Gasteiger partial charge in [-0.05, 0) is 45.2 Å². The highest BCUT2D eigenvalue weighted by atomic mass is 16.1. The maximum atomic E-state index is 13.1. The minimum Gasteiger partial charge on any atom is -0.356 e. The van der Waals surface area contributed by atoms with Gasteiger partial charge >= 0.3 is 0 Å². The van der Waals surface area contributed by atoms with Crippen LogP contribution in [0.25, 0.3) is 11.0 Å². The van der Waals surface area contributed by atoms with Crippen LogP contribution in [0.4, 0.5) is 0 Å². The molecule has 35 heavy (non-hydrogen) atoms. The zero-order valence-electron chi connectivity index (χ0n) is 20.9. The van der Waals surface area contributed by atoms with Gasteiger partial charge in [0.2, 0.25) is 5.91 Å². The van der Waals surface area contributed by atoms with E-state index in [1.54, 1.807) is 22.4 Å². The van der Waals surface area contributed by atoms with Gasteiger partial charge in [0.25, 0.3) is 5.56 Å². The maximum Gasteiger partial charge on any atom is 0.264 e. The molecule has 0 saturated heterocycles. The van der Waals surface area contributed by atoms with Crippen LogP contribution in [-0.4, -0.2) is 31.8 Å². The quantitative estimate of drug-likeness (QED) is 0.413. The average Bonchev–Trinajstić information content (AvgIpc) is 3.27. The van der Waals surface area contributed by atoms with E-state index in [2.05, 4.69) is 39.7 Å². The van der Waals surface area contributed by atoms with Crippen LogP contribution in [0.5, 0.6) is 0 Å². The summed E-state index contributed by atoms with van der Waals surface area (Å²) in [6.07, 6.45) is 2.57. The summed E-state index contributed by atoms with van der Waals surface area (Å²) in [5.41, 5.74) is 2.59. The maximum absolute atomic E-state index is 13.1. The van der Waals surface area contributed by atoms with Crippen LogP contribution in [0.2, 0.25) is 0 Å². The van der Waals surface area contributed by atoms with E-state index in [-0.39, 0.29) is 35.9 Å². The molecule has 182 valence electrons. The molecule has 0 aliphatic heterocycles. The number of hydrogen-bond donors (Lipinski definition) is 1. The Bertz CT molecular complexity index is 1310. The predicted octanol–water partition coefficient (Wildman–Crippen LogP) is 4.38. The normalized spacial score (nSPS) is 11.8. The molecule has 2 aromatic carbocycles. The van der Waals surface area contributed by atoms with Gasteiger partial charge in [0, 0.05) is 25.4 Å². The number of carbonyl (C=O) groups excluding carboxylic acids is 1. The van der Waals surface area contributed by atoms with Crippen LogP contribution >= 0.6 is 0 Å². The fraction of sp³-hybridized carbons (Fsp3) is 0.357. The van der Waals surface area contributed by atoms with Gasteiger partial charge in [0.15, 0.2) is 5.65 Å². The number of fused-ring (bicyclic) bond motifs is 1. The summed E-state index contributed by atoms with van der Waals surface area (Å²) < 4.78 is 3.33. The van der Waals surface area contributed by atoms with Gasteiger partial charge < -0.3 is 5.32 Å². The van der Waals surface area contributed by atoms with Crippen LogP contribution in [0, 0.1) is 6.92 Å². The zero-order chi connectivity index (χ0) is 25.0.